The summed E-state index contributed by atoms with van der Waals surface area (Å²) in [5, 5.41) is 9.49. The molecule has 4 heteroatoms. The van der Waals surface area contributed by atoms with Crippen molar-refractivity contribution >= 4 is 17.4 Å². The maximum Gasteiger partial charge on any atom is 0.153 e. The van der Waals surface area contributed by atoms with E-state index in [1.807, 2.05) is 0 Å². The van der Waals surface area contributed by atoms with Crippen LogP contribution in [0.2, 0.25) is 5.02 Å². The van der Waals surface area contributed by atoms with Gasteiger partial charge in [0.15, 0.2) is 5.78 Å². The van der Waals surface area contributed by atoms with Gasteiger partial charge in [-0.15, -0.1) is 0 Å². The van der Waals surface area contributed by atoms with Gasteiger partial charge < -0.3 is 0 Å². The van der Waals surface area contributed by atoms with E-state index < -0.39 is 11.2 Å². The minimum absolute atomic E-state index is 0.0747. The van der Waals surface area contributed by atoms with Crippen molar-refractivity contribution in [3.63, 3.8) is 0 Å². The highest BCUT2D eigenvalue weighted by molar-refractivity contribution is 6.30. The molecule has 88 valence electrons. The molecule has 1 aliphatic carbocycles. The average molecular weight is 252 g/mol. The monoisotopic (exact) mass is 251 g/mol. The third-order valence-electron chi connectivity index (χ3n) is 3.26. The summed E-state index contributed by atoms with van der Waals surface area (Å²) in [4.78, 5) is 11.7. The van der Waals surface area contributed by atoms with Crippen LogP contribution < -0.4 is 0 Å². The van der Waals surface area contributed by atoms with Crippen molar-refractivity contribution in [2.75, 3.05) is 0 Å². The molecule has 0 amide bonds. The number of nitrogens with zero attached hydrogens (tertiary/aromatic N) is 1. The van der Waals surface area contributed by atoms with E-state index in [-0.39, 0.29) is 12.2 Å². The lowest BCUT2D eigenvalue weighted by Crippen LogP contribution is -2.26. The van der Waals surface area contributed by atoms with Gasteiger partial charge in [-0.1, -0.05) is 17.7 Å². The first-order chi connectivity index (χ1) is 8.07. The van der Waals surface area contributed by atoms with Crippen LogP contribution in [-0.4, -0.2) is 5.78 Å². The van der Waals surface area contributed by atoms with Crippen molar-refractivity contribution < 1.29 is 9.18 Å². The average Bonchev–Trinajstić information content (AvgIpc) is 2.65. The second-order valence-corrected chi connectivity index (χ2v) is 4.82. The minimum atomic E-state index is -1.03. The third-order valence-corrected chi connectivity index (χ3v) is 3.50. The van der Waals surface area contributed by atoms with E-state index in [2.05, 4.69) is 6.07 Å². The largest absolute Gasteiger partial charge is 0.298 e. The van der Waals surface area contributed by atoms with Crippen LogP contribution in [-0.2, 0) is 11.2 Å². The van der Waals surface area contributed by atoms with Crippen LogP contribution in [0.25, 0.3) is 0 Å². The highest BCUT2D eigenvalue weighted by Gasteiger charge is 2.42. The normalized spacial score (nSPS) is 23.7. The van der Waals surface area contributed by atoms with Gasteiger partial charge in [0, 0.05) is 17.9 Å². The minimum Gasteiger partial charge on any atom is -0.298 e. The maximum absolute atomic E-state index is 13.6. The van der Waals surface area contributed by atoms with Crippen molar-refractivity contribution in [3.8, 4) is 6.07 Å². The van der Waals surface area contributed by atoms with E-state index in [0.29, 0.717) is 29.8 Å². The van der Waals surface area contributed by atoms with Crippen LogP contribution in [0.1, 0.15) is 24.8 Å². The van der Waals surface area contributed by atoms with Crippen molar-refractivity contribution in [3.05, 3.63) is 34.6 Å². The van der Waals surface area contributed by atoms with E-state index in [1.165, 1.54) is 6.07 Å². The number of carbonyl (C=O) groups excluding carboxylic acids is 1. The molecule has 0 spiro atoms. The van der Waals surface area contributed by atoms with Gasteiger partial charge in [-0.2, -0.15) is 5.26 Å². The maximum atomic E-state index is 13.6. The van der Waals surface area contributed by atoms with Gasteiger partial charge in [-0.3, -0.25) is 4.79 Å². The molecular weight excluding hydrogens is 241 g/mol. The number of Topliss-reactive ketones (excluding diaryl/α,β-unsaturated/α-hetero) is 1. The zero-order valence-electron chi connectivity index (χ0n) is 9.17. The number of hydrogen-bond acceptors (Lipinski definition) is 2. The fraction of sp³-hybridized carbons (Fsp3) is 0.385. The standard InChI is InChI=1S/C13H11ClFNO/c14-10-4-3-9(11(15)6-10)7-13(8-16)5-1-2-12(13)17/h3-4,6H,1-2,5,7H2. The van der Waals surface area contributed by atoms with Crippen LogP contribution in [0, 0.1) is 22.6 Å². The summed E-state index contributed by atoms with van der Waals surface area (Å²) in [6.45, 7) is 0. The number of carbonyl (C=O) groups is 1. The molecule has 17 heavy (non-hydrogen) atoms. The van der Waals surface area contributed by atoms with Gasteiger partial charge in [-0.05, 0) is 30.5 Å². The topological polar surface area (TPSA) is 40.9 Å². The lowest BCUT2D eigenvalue weighted by molar-refractivity contribution is -0.123. The predicted molar refractivity (Wildman–Crippen MR) is 62.0 cm³/mol. The molecule has 2 rings (SSSR count). The van der Waals surface area contributed by atoms with Crippen LogP contribution in [0.3, 0.4) is 0 Å². The molecule has 0 radical (unpaired) electrons. The molecule has 0 heterocycles. The van der Waals surface area contributed by atoms with E-state index >= 15 is 0 Å². The molecule has 0 saturated heterocycles. The number of rotatable bonds is 2. The zero-order valence-corrected chi connectivity index (χ0v) is 9.93. The molecular formula is C13H11ClFNO. The lowest BCUT2D eigenvalue weighted by atomic mass is 9.80. The number of ketones is 1. The first kappa shape index (κ1) is 12.1. The quantitative estimate of drug-likeness (QED) is 0.809. The van der Waals surface area contributed by atoms with Gasteiger partial charge in [0.2, 0.25) is 0 Å². The molecule has 0 N–H and O–H groups in total. The van der Waals surface area contributed by atoms with E-state index in [9.17, 15) is 14.4 Å². The summed E-state index contributed by atoms with van der Waals surface area (Å²) in [5.74, 6) is -0.527. The lowest BCUT2D eigenvalue weighted by Gasteiger charge is -2.18. The van der Waals surface area contributed by atoms with Crippen LogP contribution in [0.5, 0.6) is 0 Å². The molecule has 1 unspecified atom stereocenters. The Morgan fingerprint density at radius 3 is 2.82 bits per heavy atom. The van der Waals surface area contributed by atoms with Crippen LogP contribution >= 0.6 is 11.6 Å². The van der Waals surface area contributed by atoms with E-state index in [1.54, 1.807) is 12.1 Å². The van der Waals surface area contributed by atoms with Crippen molar-refractivity contribution in [2.45, 2.75) is 25.7 Å². The van der Waals surface area contributed by atoms with Gasteiger partial charge in [0.25, 0.3) is 0 Å². The number of benzene rings is 1. The van der Waals surface area contributed by atoms with Crippen molar-refractivity contribution in [1.82, 2.24) is 0 Å². The Bertz CT molecular complexity index is 509. The molecule has 0 aliphatic heterocycles. The summed E-state index contributed by atoms with van der Waals surface area (Å²) >= 11 is 5.66. The summed E-state index contributed by atoms with van der Waals surface area (Å²) in [6.07, 6.45) is 1.79. The van der Waals surface area contributed by atoms with Gasteiger partial charge >= 0.3 is 0 Å². The van der Waals surface area contributed by atoms with Gasteiger partial charge in [-0.25, -0.2) is 4.39 Å². The smallest absolute Gasteiger partial charge is 0.153 e. The van der Waals surface area contributed by atoms with Crippen molar-refractivity contribution in [2.24, 2.45) is 5.41 Å². The fourth-order valence-corrected chi connectivity index (χ4v) is 2.42. The number of nitriles is 1. The fourth-order valence-electron chi connectivity index (χ4n) is 2.26. The molecule has 2 nitrogen and oxygen atoms in total. The Labute approximate surface area is 104 Å². The first-order valence-corrected chi connectivity index (χ1v) is 5.84. The van der Waals surface area contributed by atoms with E-state index in [0.717, 1.165) is 0 Å². The molecule has 0 bridgehead atoms. The first-order valence-electron chi connectivity index (χ1n) is 5.46. The Balaban J connectivity index is 2.31. The highest BCUT2D eigenvalue weighted by atomic mass is 35.5. The highest BCUT2D eigenvalue weighted by Crippen LogP contribution is 2.38. The second kappa shape index (κ2) is 4.46. The van der Waals surface area contributed by atoms with Gasteiger partial charge in [0.05, 0.1) is 6.07 Å². The molecule has 0 aromatic heterocycles. The van der Waals surface area contributed by atoms with Gasteiger partial charge in [0.1, 0.15) is 11.2 Å². The SMILES string of the molecule is N#CC1(Cc2ccc(Cl)cc2F)CCCC1=O. The molecule has 1 saturated carbocycles. The Kier molecular flexibility index (Phi) is 3.17. The second-order valence-electron chi connectivity index (χ2n) is 4.38. The molecule has 1 fully saturated rings. The third kappa shape index (κ3) is 2.18. The summed E-state index contributed by atoms with van der Waals surface area (Å²) < 4.78 is 13.6. The molecule has 1 aromatic rings. The number of halogens is 2. The summed E-state index contributed by atoms with van der Waals surface area (Å²) in [6, 6.07) is 6.40. The molecule has 1 atom stereocenters. The number of hydrogen-bond donors (Lipinski definition) is 0. The van der Waals surface area contributed by atoms with Crippen LogP contribution in [0.4, 0.5) is 4.39 Å². The molecule has 1 aromatic carbocycles. The van der Waals surface area contributed by atoms with E-state index in [4.69, 9.17) is 11.6 Å². The Morgan fingerprint density at radius 2 is 2.29 bits per heavy atom. The predicted octanol–water partition coefficient (Wildman–Crippen LogP) is 3.28. The Hall–Kier alpha value is -1.40. The Morgan fingerprint density at radius 1 is 1.53 bits per heavy atom. The molecule has 1 aliphatic rings. The van der Waals surface area contributed by atoms with Crippen molar-refractivity contribution in [1.29, 1.82) is 5.26 Å². The zero-order chi connectivity index (χ0) is 12.5. The van der Waals surface area contributed by atoms with Crippen LogP contribution in [0.15, 0.2) is 18.2 Å². The summed E-state index contributed by atoms with van der Waals surface area (Å²) in [7, 11) is 0. The summed E-state index contributed by atoms with van der Waals surface area (Å²) in [5.41, 5.74) is -0.652.